The van der Waals surface area contributed by atoms with Gasteiger partial charge >= 0.3 is 0 Å². The summed E-state index contributed by atoms with van der Waals surface area (Å²) in [7, 11) is 5.91. The molecule has 160 valence electrons. The van der Waals surface area contributed by atoms with E-state index in [-0.39, 0.29) is 49.0 Å². The van der Waals surface area contributed by atoms with E-state index in [9.17, 15) is 24.0 Å². The summed E-state index contributed by atoms with van der Waals surface area (Å²) in [5, 5.41) is 12.5. The molecule has 11 heteroatoms. The molecule has 0 aromatic rings. The van der Waals surface area contributed by atoms with Gasteiger partial charge < -0.3 is 26.6 Å². The van der Waals surface area contributed by atoms with E-state index in [1.54, 1.807) is 0 Å². The summed E-state index contributed by atoms with van der Waals surface area (Å²) >= 11 is 0. The zero-order valence-corrected chi connectivity index (χ0v) is 17.0. The van der Waals surface area contributed by atoms with Crippen LogP contribution in [-0.2, 0) is 24.0 Å². The lowest BCUT2D eigenvalue weighted by atomic mass is 10.1. The Bertz CT molecular complexity index is 536. The van der Waals surface area contributed by atoms with Crippen LogP contribution in [0.15, 0.2) is 0 Å². The molecule has 0 bridgehead atoms. The molecule has 0 aliphatic rings. The minimum atomic E-state index is -0.666. The van der Waals surface area contributed by atoms with Crippen LogP contribution in [0, 0.1) is 0 Å². The van der Waals surface area contributed by atoms with Crippen LogP contribution in [0.3, 0.4) is 0 Å². The highest BCUT2D eigenvalue weighted by molar-refractivity contribution is 5.96. The summed E-state index contributed by atoms with van der Waals surface area (Å²) < 4.78 is 0. The molecule has 0 heterocycles. The van der Waals surface area contributed by atoms with Crippen molar-refractivity contribution < 1.29 is 24.0 Å². The standard InChI is InChI=1S/C17H32N6O5/c1-18-13(24)9-14(25)22-8-6-5-7-12(17(28)21-4)23(10-15(26)19-2)11-16(27)20-3/h12H,5-11H2,1-4H3,(H,18,24)(H,19,26)(H,20,27)(H,21,28)(H,22,25)/t12-/m0/s1. The second kappa shape index (κ2) is 14.4. The summed E-state index contributed by atoms with van der Waals surface area (Å²) in [4.78, 5) is 60.0. The summed E-state index contributed by atoms with van der Waals surface area (Å²) in [5.41, 5.74) is 0. The fourth-order valence-electron chi connectivity index (χ4n) is 2.44. The molecular formula is C17H32N6O5. The lowest BCUT2D eigenvalue weighted by Gasteiger charge is -2.29. The van der Waals surface area contributed by atoms with E-state index >= 15 is 0 Å². The minimum Gasteiger partial charge on any atom is -0.359 e. The number of carbonyl (C=O) groups is 5. The predicted octanol–water partition coefficient (Wildman–Crippen LogP) is -2.68. The van der Waals surface area contributed by atoms with Crippen molar-refractivity contribution in [2.75, 3.05) is 47.8 Å². The van der Waals surface area contributed by atoms with Crippen LogP contribution in [0.4, 0.5) is 0 Å². The first-order valence-corrected chi connectivity index (χ1v) is 9.13. The van der Waals surface area contributed by atoms with Crippen molar-refractivity contribution in [3.05, 3.63) is 0 Å². The van der Waals surface area contributed by atoms with Crippen LogP contribution in [0.2, 0.25) is 0 Å². The highest BCUT2D eigenvalue weighted by Crippen LogP contribution is 2.10. The van der Waals surface area contributed by atoms with Gasteiger partial charge in [0.2, 0.25) is 29.5 Å². The number of nitrogens with one attached hydrogen (secondary N) is 5. The third-order valence-corrected chi connectivity index (χ3v) is 4.07. The molecule has 0 saturated carbocycles. The Labute approximate surface area is 165 Å². The molecule has 0 unspecified atom stereocenters. The number of hydrogen-bond donors (Lipinski definition) is 5. The van der Waals surface area contributed by atoms with Gasteiger partial charge in [-0.25, -0.2) is 0 Å². The highest BCUT2D eigenvalue weighted by atomic mass is 16.2. The maximum Gasteiger partial charge on any atom is 0.237 e. The molecule has 0 aliphatic heterocycles. The van der Waals surface area contributed by atoms with Gasteiger partial charge in [0, 0.05) is 34.7 Å². The van der Waals surface area contributed by atoms with E-state index in [0.717, 1.165) is 0 Å². The first-order valence-electron chi connectivity index (χ1n) is 9.13. The predicted molar refractivity (Wildman–Crippen MR) is 103 cm³/mol. The molecule has 28 heavy (non-hydrogen) atoms. The van der Waals surface area contributed by atoms with Crippen LogP contribution in [0.5, 0.6) is 0 Å². The molecule has 0 spiro atoms. The summed E-state index contributed by atoms with van der Waals surface area (Å²) in [6.45, 7) is 0.178. The Balaban J connectivity index is 4.73. The Morgan fingerprint density at radius 1 is 0.714 bits per heavy atom. The molecular weight excluding hydrogens is 368 g/mol. The Morgan fingerprint density at radius 2 is 1.25 bits per heavy atom. The number of amides is 5. The molecule has 0 rings (SSSR count). The van der Waals surface area contributed by atoms with Crippen LogP contribution < -0.4 is 26.6 Å². The van der Waals surface area contributed by atoms with Gasteiger partial charge in [-0.2, -0.15) is 0 Å². The molecule has 0 aromatic carbocycles. The van der Waals surface area contributed by atoms with Crippen LogP contribution >= 0.6 is 0 Å². The Hall–Kier alpha value is -2.69. The van der Waals surface area contributed by atoms with E-state index in [4.69, 9.17) is 0 Å². The zero-order chi connectivity index (χ0) is 21.5. The van der Waals surface area contributed by atoms with Crippen LogP contribution in [0.1, 0.15) is 25.7 Å². The summed E-state index contributed by atoms with van der Waals surface area (Å²) in [6, 6.07) is -0.666. The number of likely N-dealkylation sites (N-methyl/N-ethyl adjacent to an activating group) is 3. The van der Waals surface area contributed by atoms with Crippen molar-refractivity contribution in [2.24, 2.45) is 0 Å². The van der Waals surface area contributed by atoms with Gasteiger partial charge in [-0.1, -0.05) is 0 Å². The lowest BCUT2D eigenvalue weighted by molar-refractivity contribution is -0.132. The number of unbranched alkanes of at least 4 members (excludes halogenated alkanes) is 1. The van der Waals surface area contributed by atoms with E-state index in [1.807, 2.05) is 0 Å². The minimum absolute atomic E-state index is 0.0924. The molecule has 11 nitrogen and oxygen atoms in total. The second-order valence-electron chi connectivity index (χ2n) is 6.08. The van der Waals surface area contributed by atoms with E-state index in [2.05, 4.69) is 26.6 Å². The number of nitrogens with zero attached hydrogens (tertiary/aromatic N) is 1. The fourth-order valence-corrected chi connectivity index (χ4v) is 2.44. The van der Waals surface area contributed by atoms with Crippen molar-refractivity contribution in [3.8, 4) is 0 Å². The van der Waals surface area contributed by atoms with Crippen molar-refractivity contribution in [1.29, 1.82) is 0 Å². The van der Waals surface area contributed by atoms with Crippen molar-refractivity contribution in [2.45, 2.75) is 31.7 Å². The lowest BCUT2D eigenvalue weighted by Crippen LogP contribution is -2.52. The smallest absolute Gasteiger partial charge is 0.237 e. The largest absolute Gasteiger partial charge is 0.359 e. The molecule has 0 saturated heterocycles. The fraction of sp³-hybridized carbons (Fsp3) is 0.706. The Kier molecular flexibility index (Phi) is 13.0. The topological polar surface area (TPSA) is 149 Å². The van der Waals surface area contributed by atoms with E-state index in [1.165, 1.54) is 33.1 Å². The molecule has 0 fully saturated rings. The van der Waals surface area contributed by atoms with Gasteiger partial charge in [0.25, 0.3) is 0 Å². The second-order valence-corrected chi connectivity index (χ2v) is 6.08. The van der Waals surface area contributed by atoms with Gasteiger partial charge in [0.05, 0.1) is 19.1 Å². The average Bonchev–Trinajstić information content (AvgIpc) is 2.69. The number of rotatable bonds is 13. The number of carbonyl (C=O) groups excluding carboxylic acids is 5. The van der Waals surface area contributed by atoms with Crippen molar-refractivity contribution in [1.82, 2.24) is 31.5 Å². The monoisotopic (exact) mass is 400 g/mol. The van der Waals surface area contributed by atoms with Crippen molar-refractivity contribution in [3.63, 3.8) is 0 Å². The molecule has 1 atom stereocenters. The van der Waals surface area contributed by atoms with E-state index in [0.29, 0.717) is 25.8 Å². The maximum absolute atomic E-state index is 12.3. The van der Waals surface area contributed by atoms with E-state index < -0.39 is 6.04 Å². The van der Waals surface area contributed by atoms with Crippen LogP contribution in [0.25, 0.3) is 0 Å². The Morgan fingerprint density at radius 3 is 1.71 bits per heavy atom. The van der Waals surface area contributed by atoms with Gasteiger partial charge in [-0.15, -0.1) is 0 Å². The summed E-state index contributed by atoms with van der Waals surface area (Å²) in [5.74, 6) is -1.64. The maximum atomic E-state index is 12.3. The van der Waals surface area contributed by atoms with Gasteiger partial charge in [0.1, 0.15) is 6.42 Å². The third kappa shape index (κ3) is 10.5. The molecule has 0 aromatic heterocycles. The highest BCUT2D eigenvalue weighted by Gasteiger charge is 2.27. The normalized spacial score (nSPS) is 11.3. The molecule has 0 radical (unpaired) electrons. The first-order chi connectivity index (χ1) is 13.3. The van der Waals surface area contributed by atoms with Gasteiger partial charge in [-0.05, 0) is 19.3 Å². The van der Waals surface area contributed by atoms with Crippen LogP contribution in [-0.4, -0.2) is 88.3 Å². The molecule has 5 N–H and O–H groups in total. The van der Waals surface area contributed by atoms with Gasteiger partial charge in [0.15, 0.2) is 0 Å². The first kappa shape index (κ1) is 25.3. The number of hydrogen-bond acceptors (Lipinski definition) is 6. The summed E-state index contributed by atoms with van der Waals surface area (Å²) in [6.07, 6.45) is 1.33. The quantitative estimate of drug-likeness (QED) is 0.168. The SMILES string of the molecule is CNC(=O)CC(=O)NCCCC[C@@H](C(=O)NC)N(CC(=O)NC)CC(=O)NC. The van der Waals surface area contributed by atoms with Crippen molar-refractivity contribution >= 4 is 29.5 Å². The average molecular weight is 400 g/mol. The van der Waals surface area contributed by atoms with Gasteiger partial charge in [-0.3, -0.25) is 28.9 Å². The zero-order valence-electron chi connectivity index (χ0n) is 17.0. The molecule has 0 aliphatic carbocycles. The third-order valence-electron chi connectivity index (χ3n) is 4.07. The molecule has 5 amide bonds.